The molecule has 1 rings (SSSR count). The molecule has 0 spiro atoms. The van der Waals surface area contributed by atoms with E-state index in [1.165, 1.54) is 12.1 Å². The Hall–Kier alpha value is -0.930. The largest absolute Gasteiger partial charge is 0.271 e. The van der Waals surface area contributed by atoms with E-state index in [0.29, 0.717) is 0 Å². The van der Waals surface area contributed by atoms with Crippen molar-refractivity contribution in [1.29, 1.82) is 0 Å². The van der Waals surface area contributed by atoms with Gasteiger partial charge in [0.05, 0.1) is 0 Å². The van der Waals surface area contributed by atoms with Crippen molar-refractivity contribution in [3.05, 3.63) is 35.1 Å². The summed E-state index contributed by atoms with van der Waals surface area (Å²) in [6.45, 7) is 3.80. The van der Waals surface area contributed by atoms with Crippen molar-refractivity contribution in [3.8, 4) is 0 Å². The van der Waals surface area contributed by atoms with E-state index in [2.05, 4.69) is 5.43 Å². The van der Waals surface area contributed by atoms with Crippen LogP contribution in [-0.2, 0) is 0 Å². The van der Waals surface area contributed by atoms with Gasteiger partial charge in [0.25, 0.3) is 0 Å². The number of aryl methyl sites for hydroxylation is 1. The maximum absolute atomic E-state index is 12.7. The number of benzene rings is 1. The van der Waals surface area contributed by atoms with Gasteiger partial charge in [-0.15, -0.1) is 0 Å². The van der Waals surface area contributed by atoms with Crippen molar-refractivity contribution >= 4 is 0 Å². The van der Waals surface area contributed by atoms with Gasteiger partial charge in [-0.05, 0) is 37.1 Å². The van der Waals surface area contributed by atoms with Crippen LogP contribution in [-0.4, -0.2) is 0 Å². The zero-order valence-corrected chi connectivity index (χ0v) is 7.26. The van der Waals surface area contributed by atoms with E-state index in [1.807, 2.05) is 13.8 Å². The maximum atomic E-state index is 12.7. The average Bonchev–Trinajstić information content (AvgIpc) is 2.03. The van der Waals surface area contributed by atoms with Crippen molar-refractivity contribution in [2.75, 3.05) is 0 Å². The lowest BCUT2D eigenvalue weighted by molar-refractivity contribution is 0.591. The van der Waals surface area contributed by atoms with Gasteiger partial charge in [-0.25, -0.2) is 4.39 Å². The van der Waals surface area contributed by atoms with Crippen molar-refractivity contribution in [2.45, 2.75) is 19.9 Å². The molecule has 0 aliphatic carbocycles. The van der Waals surface area contributed by atoms with Crippen LogP contribution in [0.1, 0.15) is 24.1 Å². The fraction of sp³-hybridized carbons (Fsp3) is 0.333. The summed E-state index contributed by atoms with van der Waals surface area (Å²) in [7, 11) is 0. The molecule has 3 N–H and O–H groups in total. The maximum Gasteiger partial charge on any atom is 0.123 e. The van der Waals surface area contributed by atoms with Crippen LogP contribution in [0.3, 0.4) is 0 Å². The van der Waals surface area contributed by atoms with Gasteiger partial charge < -0.3 is 0 Å². The molecule has 3 heteroatoms. The molecule has 1 aromatic rings. The van der Waals surface area contributed by atoms with E-state index in [4.69, 9.17) is 5.84 Å². The number of hydrogen-bond acceptors (Lipinski definition) is 2. The van der Waals surface area contributed by atoms with Crippen LogP contribution in [0, 0.1) is 12.7 Å². The Morgan fingerprint density at radius 1 is 1.50 bits per heavy atom. The molecule has 0 aliphatic heterocycles. The molecule has 0 bridgehead atoms. The number of hydrazine groups is 1. The number of nitrogens with one attached hydrogen (secondary N) is 1. The molecular weight excluding hydrogens is 155 g/mol. The van der Waals surface area contributed by atoms with Gasteiger partial charge in [0, 0.05) is 6.04 Å². The van der Waals surface area contributed by atoms with Gasteiger partial charge in [-0.2, -0.15) is 0 Å². The summed E-state index contributed by atoms with van der Waals surface area (Å²) in [5.41, 5.74) is 4.56. The molecule has 12 heavy (non-hydrogen) atoms. The molecule has 1 aromatic carbocycles. The Kier molecular flexibility index (Phi) is 2.78. The van der Waals surface area contributed by atoms with Gasteiger partial charge in [-0.3, -0.25) is 11.3 Å². The summed E-state index contributed by atoms with van der Waals surface area (Å²) in [4.78, 5) is 0. The Morgan fingerprint density at radius 2 is 2.17 bits per heavy atom. The van der Waals surface area contributed by atoms with Crippen molar-refractivity contribution in [2.24, 2.45) is 5.84 Å². The molecule has 1 atom stereocenters. The minimum atomic E-state index is -0.208. The lowest BCUT2D eigenvalue weighted by Crippen LogP contribution is -2.26. The smallest absolute Gasteiger partial charge is 0.123 e. The third kappa shape index (κ3) is 1.81. The molecule has 0 heterocycles. The first kappa shape index (κ1) is 9.16. The van der Waals surface area contributed by atoms with E-state index in [9.17, 15) is 4.39 Å². The van der Waals surface area contributed by atoms with Gasteiger partial charge in [0.2, 0.25) is 0 Å². The van der Waals surface area contributed by atoms with Crippen LogP contribution in [0.4, 0.5) is 4.39 Å². The molecule has 0 amide bonds. The minimum absolute atomic E-state index is 0.0607. The second-order valence-electron chi connectivity index (χ2n) is 2.89. The number of hydrogen-bond donors (Lipinski definition) is 2. The monoisotopic (exact) mass is 168 g/mol. The van der Waals surface area contributed by atoms with E-state index in [0.717, 1.165) is 11.1 Å². The summed E-state index contributed by atoms with van der Waals surface area (Å²) >= 11 is 0. The lowest BCUT2D eigenvalue weighted by atomic mass is 10.0. The first-order valence-electron chi connectivity index (χ1n) is 3.87. The fourth-order valence-corrected chi connectivity index (χ4v) is 1.21. The summed E-state index contributed by atoms with van der Waals surface area (Å²) in [6, 6.07) is 4.75. The Labute approximate surface area is 71.6 Å². The highest BCUT2D eigenvalue weighted by Gasteiger charge is 2.05. The molecule has 0 aromatic heterocycles. The highest BCUT2D eigenvalue weighted by molar-refractivity contribution is 5.28. The molecular formula is C9H13FN2. The molecule has 2 nitrogen and oxygen atoms in total. The van der Waals surface area contributed by atoms with Crippen LogP contribution in [0.5, 0.6) is 0 Å². The molecule has 0 unspecified atom stereocenters. The second kappa shape index (κ2) is 3.65. The SMILES string of the molecule is Cc1cc(F)ccc1[C@@H](C)NN. The summed E-state index contributed by atoms with van der Waals surface area (Å²) in [6.07, 6.45) is 0. The molecule has 0 saturated carbocycles. The Morgan fingerprint density at radius 3 is 2.67 bits per heavy atom. The van der Waals surface area contributed by atoms with Gasteiger partial charge in [0.1, 0.15) is 5.82 Å². The first-order chi connectivity index (χ1) is 5.65. The first-order valence-corrected chi connectivity index (χ1v) is 3.87. The number of rotatable bonds is 2. The van der Waals surface area contributed by atoms with E-state index >= 15 is 0 Å². The predicted molar refractivity (Wildman–Crippen MR) is 46.9 cm³/mol. The standard InChI is InChI=1S/C9H13FN2/c1-6-5-8(10)3-4-9(6)7(2)12-11/h3-5,7,12H,11H2,1-2H3/t7-/m1/s1. The Balaban J connectivity index is 3.01. The predicted octanol–water partition coefficient (Wildman–Crippen LogP) is 1.66. The highest BCUT2D eigenvalue weighted by Crippen LogP contribution is 2.16. The third-order valence-electron chi connectivity index (χ3n) is 1.95. The average molecular weight is 168 g/mol. The van der Waals surface area contributed by atoms with E-state index in [-0.39, 0.29) is 11.9 Å². The van der Waals surface area contributed by atoms with Crippen LogP contribution in [0.15, 0.2) is 18.2 Å². The van der Waals surface area contributed by atoms with E-state index in [1.54, 1.807) is 6.07 Å². The lowest BCUT2D eigenvalue weighted by Gasteiger charge is -2.12. The zero-order chi connectivity index (χ0) is 9.14. The van der Waals surface area contributed by atoms with Gasteiger partial charge >= 0.3 is 0 Å². The summed E-state index contributed by atoms with van der Waals surface area (Å²) < 4.78 is 12.7. The van der Waals surface area contributed by atoms with Gasteiger partial charge in [0.15, 0.2) is 0 Å². The molecule has 0 saturated heterocycles. The quantitative estimate of drug-likeness (QED) is 0.520. The van der Waals surface area contributed by atoms with Crippen molar-refractivity contribution < 1.29 is 4.39 Å². The van der Waals surface area contributed by atoms with Crippen LogP contribution >= 0.6 is 0 Å². The van der Waals surface area contributed by atoms with E-state index < -0.39 is 0 Å². The van der Waals surface area contributed by atoms with Gasteiger partial charge in [-0.1, -0.05) is 6.07 Å². The van der Waals surface area contributed by atoms with Crippen LogP contribution in [0.2, 0.25) is 0 Å². The number of halogens is 1. The molecule has 66 valence electrons. The topological polar surface area (TPSA) is 38.0 Å². The minimum Gasteiger partial charge on any atom is -0.271 e. The molecule has 0 aliphatic rings. The number of nitrogens with two attached hydrogens (primary N) is 1. The van der Waals surface area contributed by atoms with Crippen molar-refractivity contribution in [1.82, 2.24) is 5.43 Å². The second-order valence-corrected chi connectivity index (χ2v) is 2.89. The molecule has 0 fully saturated rings. The highest BCUT2D eigenvalue weighted by atomic mass is 19.1. The van der Waals surface area contributed by atoms with Crippen LogP contribution in [0.25, 0.3) is 0 Å². The summed E-state index contributed by atoms with van der Waals surface area (Å²) in [5.74, 6) is 5.06. The zero-order valence-electron chi connectivity index (χ0n) is 7.26. The third-order valence-corrected chi connectivity index (χ3v) is 1.95. The normalized spacial score (nSPS) is 13.0. The van der Waals surface area contributed by atoms with Crippen molar-refractivity contribution in [3.63, 3.8) is 0 Å². The Bertz CT molecular complexity index is 273. The molecule has 0 radical (unpaired) electrons. The fourth-order valence-electron chi connectivity index (χ4n) is 1.21. The summed E-state index contributed by atoms with van der Waals surface area (Å²) in [5, 5.41) is 0. The van der Waals surface area contributed by atoms with Crippen LogP contribution < -0.4 is 11.3 Å².